The number of nitrogens with zero attached hydrogens (tertiary/aromatic N) is 3. The molecule has 0 aliphatic carbocycles. The fourth-order valence-corrected chi connectivity index (χ4v) is 1.93. The molecule has 4 nitrogen and oxygen atoms in total. The van der Waals surface area contributed by atoms with Gasteiger partial charge >= 0.3 is 0 Å². The molecule has 1 fully saturated rings. The van der Waals surface area contributed by atoms with Gasteiger partial charge in [-0.15, -0.1) is 0 Å². The van der Waals surface area contributed by atoms with Gasteiger partial charge in [-0.1, -0.05) is 18.5 Å². The molecule has 1 aromatic heterocycles. The topological polar surface area (TPSA) is 41.0 Å². The van der Waals surface area contributed by atoms with Crippen molar-refractivity contribution in [2.24, 2.45) is 0 Å². The summed E-state index contributed by atoms with van der Waals surface area (Å²) in [6.45, 7) is 5.51. The van der Waals surface area contributed by atoms with Crippen LogP contribution in [0.5, 0.6) is 0 Å². The Kier molecular flexibility index (Phi) is 3.38. The van der Waals surface area contributed by atoms with Gasteiger partial charge in [0.15, 0.2) is 11.0 Å². The maximum Gasteiger partial charge on any atom is 0.171 e. The van der Waals surface area contributed by atoms with Crippen molar-refractivity contribution >= 4 is 17.4 Å². The summed E-state index contributed by atoms with van der Waals surface area (Å²) in [5.74, 6) is 0.695. The van der Waals surface area contributed by atoms with E-state index >= 15 is 0 Å². The Bertz CT molecular complexity index is 325. The molecule has 1 N–H and O–H groups in total. The van der Waals surface area contributed by atoms with Crippen molar-refractivity contribution in [2.45, 2.75) is 19.4 Å². The highest BCUT2D eigenvalue weighted by Gasteiger charge is 2.26. The lowest BCUT2D eigenvalue weighted by Crippen LogP contribution is -2.54. The smallest absolute Gasteiger partial charge is 0.171 e. The number of rotatable bonds is 4. The minimum absolute atomic E-state index is 0.450. The van der Waals surface area contributed by atoms with Gasteiger partial charge in [-0.05, 0) is 13.0 Å². The summed E-state index contributed by atoms with van der Waals surface area (Å²) in [5, 5.41) is 3.74. The van der Waals surface area contributed by atoms with Crippen molar-refractivity contribution in [3.63, 3.8) is 0 Å². The molecular formula is C10H15ClN4. The first-order valence-electron chi connectivity index (χ1n) is 5.25. The van der Waals surface area contributed by atoms with Crippen molar-refractivity contribution in [3.8, 4) is 0 Å². The van der Waals surface area contributed by atoms with Gasteiger partial charge in [0.25, 0.3) is 0 Å². The lowest BCUT2D eigenvalue weighted by molar-refractivity contribution is 0.162. The summed E-state index contributed by atoms with van der Waals surface area (Å²) in [7, 11) is 0. The maximum atomic E-state index is 5.90. The summed E-state index contributed by atoms with van der Waals surface area (Å²) in [4.78, 5) is 10.5. The van der Waals surface area contributed by atoms with Gasteiger partial charge in [-0.2, -0.15) is 0 Å². The van der Waals surface area contributed by atoms with Crippen LogP contribution in [0, 0.1) is 0 Å². The average Bonchev–Trinajstić information content (AvgIpc) is 2.18. The molecule has 0 bridgehead atoms. The second-order valence-electron chi connectivity index (χ2n) is 3.80. The fraction of sp³-hybridized carbons (Fsp3) is 0.600. The van der Waals surface area contributed by atoms with E-state index in [1.807, 2.05) is 0 Å². The summed E-state index contributed by atoms with van der Waals surface area (Å²) >= 11 is 5.90. The Morgan fingerprint density at radius 2 is 2.20 bits per heavy atom. The number of aromatic nitrogens is 2. The molecule has 82 valence electrons. The normalized spacial score (nSPS) is 17.5. The van der Waals surface area contributed by atoms with E-state index in [9.17, 15) is 0 Å². The summed E-state index contributed by atoms with van der Waals surface area (Å²) in [5.41, 5.74) is 0. The third-order valence-electron chi connectivity index (χ3n) is 2.49. The predicted octanol–water partition coefficient (Wildman–Crippen LogP) is 1.64. The fourth-order valence-electron chi connectivity index (χ4n) is 1.77. The molecule has 1 aliphatic heterocycles. The zero-order valence-electron chi connectivity index (χ0n) is 8.78. The van der Waals surface area contributed by atoms with Crippen molar-refractivity contribution < 1.29 is 0 Å². The highest BCUT2D eigenvalue weighted by Crippen LogP contribution is 2.18. The number of hydrogen-bond acceptors (Lipinski definition) is 4. The van der Waals surface area contributed by atoms with Crippen LogP contribution >= 0.6 is 11.6 Å². The summed E-state index contributed by atoms with van der Waals surface area (Å²) in [6.07, 6.45) is 4.45. The number of nitrogens with one attached hydrogen (secondary N) is 1. The summed E-state index contributed by atoms with van der Waals surface area (Å²) in [6, 6.07) is 0.464. The molecule has 0 amide bonds. The van der Waals surface area contributed by atoms with E-state index in [1.165, 1.54) is 13.0 Å². The maximum absolute atomic E-state index is 5.90. The molecule has 2 heterocycles. The standard InChI is InChI=1S/C10H15ClN4/c1-2-5-15-6-8(7-15)14-10-9(11)12-3-4-13-10/h3-4,8H,2,5-7H2,1H3,(H,13,14). The molecule has 1 aliphatic rings. The van der Waals surface area contributed by atoms with Gasteiger partial charge in [-0.3, -0.25) is 4.90 Å². The Morgan fingerprint density at radius 3 is 2.87 bits per heavy atom. The van der Waals surface area contributed by atoms with Crippen molar-refractivity contribution in [3.05, 3.63) is 17.5 Å². The first kappa shape index (κ1) is 10.6. The lowest BCUT2D eigenvalue weighted by Gasteiger charge is -2.39. The van der Waals surface area contributed by atoms with Crippen LogP contribution in [0.2, 0.25) is 5.15 Å². The van der Waals surface area contributed by atoms with Crippen molar-refractivity contribution in [1.29, 1.82) is 0 Å². The van der Waals surface area contributed by atoms with Crippen molar-refractivity contribution in [1.82, 2.24) is 14.9 Å². The third-order valence-corrected chi connectivity index (χ3v) is 2.77. The Hall–Kier alpha value is -0.870. The van der Waals surface area contributed by atoms with E-state index in [4.69, 9.17) is 11.6 Å². The van der Waals surface area contributed by atoms with Crippen molar-refractivity contribution in [2.75, 3.05) is 25.0 Å². The van der Waals surface area contributed by atoms with Crippen LogP contribution in [0.25, 0.3) is 0 Å². The second-order valence-corrected chi connectivity index (χ2v) is 4.15. The van der Waals surface area contributed by atoms with Crippen LogP contribution in [0.1, 0.15) is 13.3 Å². The molecule has 0 spiro atoms. The first-order valence-corrected chi connectivity index (χ1v) is 5.62. The van der Waals surface area contributed by atoms with Gasteiger partial charge in [0, 0.05) is 25.5 Å². The molecule has 2 rings (SSSR count). The molecule has 1 aromatic rings. The van der Waals surface area contributed by atoms with E-state index in [-0.39, 0.29) is 0 Å². The monoisotopic (exact) mass is 226 g/mol. The molecule has 15 heavy (non-hydrogen) atoms. The van der Waals surface area contributed by atoms with E-state index in [0.29, 0.717) is 17.0 Å². The van der Waals surface area contributed by atoms with Gasteiger partial charge in [0.1, 0.15) is 0 Å². The molecule has 0 aromatic carbocycles. The van der Waals surface area contributed by atoms with E-state index in [0.717, 1.165) is 13.1 Å². The van der Waals surface area contributed by atoms with E-state index in [1.54, 1.807) is 12.4 Å². The Labute approximate surface area is 94.7 Å². The van der Waals surface area contributed by atoms with Crippen LogP contribution in [0.4, 0.5) is 5.82 Å². The van der Waals surface area contributed by atoms with Crippen LogP contribution in [0.3, 0.4) is 0 Å². The average molecular weight is 227 g/mol. The molecule has 0 radical (unpaired) electrons. The number of anilines is 1. The molecule has 0 saturated carbocycles. The van der Waals surface area contributed by atoms with Gasteiger partial charge in [-0.25, -0.2) is 9.97 Å². The molecule has 1 saturated heterocycles. The van der Waals surface area contributed by atoms with Crippen LogP contribution < -0.4 is 5.32 Å². The van der Waals surface area contributed by atoms with Gasteiger partial charge in [0.2, 0.25) is 0 Å². The summed E-state index contributed by atoms with van der Waals surface area (Å²) < 4.78 is 0. The quantitative estimate of drug-likeness (QED) is 0.848. The van der Waals surface area contributed by atoms with Gasteiger partial charge in [0.05, 0.1) is 6.04 Å². The largest absolute Gasteiger partial charge is 0.362 e. The highest BCUT2D eigenvalue weighted by molar-refractivity contribution is 6.31. The SMILES string of the molecule is CCCN1CC(Nc2nccnc2Cl)C1. The van der Waals surface area contributed by atoms with E-state index in [2.05, 4.69) is 27.1 Å². The second kappa shape index (κ2) is 4.77. The molecular weight excluding hydrogens is 212 g/mol. The number of halogens is 1. The molecule has 0 unspecified atom stereocenters. The highest BCUT2D eigenvalue weighted by atomic mass is 35.5. The van der Waals surface area contributed by atoms with Crippen LogP contribution in [-0.4, -0.2) is 40.5 Å². The number of likely N-dealkylation sites (tertiary alicyclic amines) is 1. The van der Waals surface area contributed by atoms with Gasteiger partial charge < -0.3 is 5.32 Å². The minimum Gasteiger partial charge on any atom is -0.362 e. The Morgan fingerprint density at radius 1 is 1.47 bits per heavy atom. The lowest BCUT2D eigenvalue weighted by atomic mass is 10.1. The zero-order chi connectivity index (χ0) is 10.7. The zero-order valence-corrected chi connectivity index (χ0v) is 9.54. The van der Waals surface area contributed by atoms with Crippen LogP contribution in [-0.2, 0) is 0 Å². The molecule has 0 atom stereocenters. The Balaban J connectivity index is 1.82. The van der Waals surface area contributed by atoms with E-state index < -0.39 is 0 Å². The molecule has 5 heteroatoms. The predicted molar refractivity (Wildman–Crippen MR) is 61.2 cm³/mol. The van der Waals surface area contributed by atoms with Crippen LogP contribution in [0.15, 0.2) is 12.4 Å². The minimum atomic E-state index is 0.450. The number of hydrogen-bond donors (Lipinski definition) is 1. The third kappa shape index (κ3) is 2.58. The first-order chi connectivity index (χ1) is 7.29.